The van der Waals surface area contributed by atoms with Gasteiger partial charge in [-0.25, -0.2) is 13.0 Å². The van der Waals surface area contributed by atoms with Crippen LogP contribution in [0.4, 0.5) is 17.3 Å². The molecule has 9 nitrogen and oxygen atoms in total. The van der Waals surface area contributed by atoms with Gasteiger partial charge in [0.15, 0.2) is 9.96 Å². The average molecular weight is 500 g/mol. The highest BCUT2D eigenvalue weighted by molar-refractivity contribution is 7.91. The second kappa shape index (κ2) is 9.38. The van der Waals surface area contributed by atoms with E-state index < -0.39 is 10.0 Å². The number of aromatic nitrogens is 2. The molecule has 0 radical (unpaired) electrons. The summed E-state index contributed by atoms with van der Waals surface area (Å²) in [6, 6.07) is 4.09. The fourth-order valence-corrected chi connectivity index (χ4v) is 7.25. The lowest BCUT2D eigenvalue weighted by Crippen LogP contribution is -2.30. The first-order valence-electron chi connectivity index (χ1n) is 10.2. The van der Waals surface area contributed by atoms with Gasteiger partial charge in [-0.1, -0.05) is 34.6 Å². The molecule has 12 heteroatoms. The Labute approximate surface area is 196 Å². The van der Waals surface area contributed by atoms with Crippen molar-refractivity contribution in [3.63, 3.8) is 0 Å². The molecule has 0 saturated heterocycles. The molecule has 3 aromatic rings. The van der Waals surface area contributed by atoms with Crippen molar-refractivity contribution in [1.29, 1.82) is 0 Å². The highest BCUT2D eigenvalue weighted by Gasteiger charge is 2.31. The van der Waals surface area contributed by atoms with Crippen LogP contribution in [0.15, 0.2) is 26.4 Å². The first-order chi connectivity index (χ1) is 15.0. The van der Waals surface area contributed by atoms with E-state index in [-0.39, 0.29) is 32.9 Å². The Morgan fingerprint density at radius 1 is 1.19 bits per heavy atom. The summed E-state index contributed by atoms with van der Waals surface area (Å²) in [6.07, 6.45) is 0. The van der Waals surface area contributed by atoms with Gasteiger partial charge >= 0.3 is 0 Å². The molecule has 0 fully saturated rings. The molecule has 0 aliphatic rings. The molecule has 3 rings (SSSR count). The molecular formula is C20H29N5O4S3. The van der Waals surface area contributed by atoms with Crippen LogP contribution in [0.2, 0.25) is 0 Å². The number of nitrogens with zero attached hydrogens (tertiary/aromatic N) is 3. The quantitative estimate of drug-likeness (QED) is 0.368. The van der Waals surface area contributed by atoms with Crippen LogP contribution in [-0.4, -0.2) is 41.2 Å². The third-order valence-electron chi connectivity index (χ3n) is 4.95. The Morgan fingerprint density at radius 2 is 1.84 bits per heavy atom. The van der Waals surface area contributed by atoms with Gasteiger partial charge in [0.1, 0.15) is 0 Å². The molecule has 32 heavy (non-hydrogen) atoms. The zero-order valence-electron chi connectivity index (χ0n) is 19.0. The van der Waals surface area contributed by atoms with Crippen molar-refractivity contribution in [3.8, 4) is 5.75 Å². The third kappa shape index (κ3) is 4.92. The first kappa shape index (κ1) is 24.5. The van der Waals surface area contributed by atoms with Crippen molar-refractivity contribution in [2.45, 2.75) is 51.8 Å². The Hall–Kier alpha value is -2.15. The predicted molar refractivity (Wildman–Crippen MR) is 129 cm³/mol. The van der Waals surface area contributed by atoms with Crippen molar-refractivity contribution in [2.75, 3.05) is 23.7 Å². The van der Waals surface area contributed by atoms with Gasteiger partial charge in [0.25, 0.3) is 10.0 Å². The van der Waals surface area contributed by atoms with E-state index in [4.69, 9.17) is 4.63 Å². The van der Waals surface area contributed by atoms with Crippen molar-refractivity contribution in [2.24, 2.45) is 5.41 Å². The fraction of sp³-hybridized carbons (Fsp3) is 0.500. The maximum atomic E-state index is 12.8. The van der Waals surface area contributed by atoms with Gasteiger partial charge in [0.2, 0.25) is 11.6 Å². The molecule has 1 atom stereocenters. The van der Waals surface area contributed by atoms with E-state index in [0.717, 1.165) is 16.2 Å². The smallest absolute Gasteiger partial charge is 0.256 e. The number of aromatic hydroxyl groups is 1. The number of anilines is 3. The number of hydrogen-bond donors (Lipinski definition) is 3. The van der Waals surface area contributed by atoms with E-state index in [1.807, 2.05) is 0 Å². The molecule has 3 N–H and O–H groups in total. The molecule has 0 unspecified atom stereocenters. The SMILES string of the molecule is CCN(CC)S(=O)(=O)c1scc(Nc2nonc2N[C@@H](c2ccc(C)s2)C(C)(C)C)c1O. The summed E-state index contributed by atoms with van der Waals surface area (Å²) in [4.78, 5) is 2.35. The van der Waals surface area contributed by atoms with Crippen LogP contribution >= 0.6 is 22.7 Å². The van der Waals surface area contributed by atoms with Gasteiger partial charge in [0, 0.05) is 28.2 Å². The van der Waals surface area contributed by atoms with Crippen LogP contribution in [0.3, 0.4) is 0 Å². The maximum absolute atomic E-state index is 12.8. The molecule has 0 aliphatic heterocycles. The number of hydrogen-bond acceptors (Lipinski definition) is 10. The van der Waals surface area contributed by atoms with E-state index in [0.29, 0.717) is 18.9 Å². The topological polar surface area (TPSA) is 121 Å². The molecule has 3 aromatic heterocycles. The molecule has 0 spiro atoms. The summed E-state index contributed by atoms with van der Waals surface area (Å²) in [5, 5.41) is 26.4. The molecule has 0 aliphatic carbocycles. The lowest BCUT2D eigenvalue weighted by Gasteiger charge is -2.30. The van der Waals surface area contributed by atoms with E-state index in [1.165, 1.54) is 14.6 Å². The predicted octanol–water partition coefficient (Wildman–Crippen LogP) is 5.18. The Balaban J connectivity index is 1.88. The maximum Gasteiger partial charge on any atom is 0.256 e. The summed E-state index contributed by atoms with van der Waals surface area (Å²) in [5.74, 6) is 0.277. The van der Waals surface area contributed by atoms with E-state index >= 15 is 0 Å². The second-order valence-electron chi connectivity index (χ2n) is 8.35. The number of thiophene rings is 2. The van der Waals surface area contributed by atoms with Gasteiger partial charge in [-0.15, -0.1) is 22.7 Å². The summed E-state index contributed by atoms with van der Waals surface area (Å²) < 4.78 is 31.7. The number of rotatable bonds is 9. The van der Waals surface area contributed by atoms with Gasteiger partial charge in [-0.3, -0.25) is 0 Å². The lowest BCUT2D eigenvalue weighted by atomic mass is 9.86. The van der Waals surface area contributed by atoms with Crippen molar-refractivity contribution < 1.29 is 18.2 Å². The van der Waals surface area contributed by atoms with Gasteiger partial charge in [-0.2, -0.15) is 4.31 Å². The molecular weight excluding hydrogens is 470 g/mol. The lowest BCUT2D eigenvalue weighted by molar-refractivity contribution is 0.307. The molecule has 0 aromatic carbocycles. The van der Waals surface area contributed by atoms with Gasteiger partial charge in [-0.05, 0) is 34.8 Å². The molecule has 0 amide bonds. The standard InChI is InChI=1S/C20H29N5O4S3/c1-7-25(8-2)32(27,28)19-15(26)13(11-30-19)21-17-18(24-29-23-17)22-16(20(4,5)6)14-10-9-12(3)31-14/h9-11,16,26H,7-8H2,1-6H3,(H,21,23)(H,22,24)/t16-/m0/s1. The monoisotopic (exact) mass is 499 g/mol. The van der Waals surface area contributed by atoms with E-state index in [1.54, 1.807) is 25.2 Å². The van der Waals surface area contributed by atoms with Gasteiger partial charge in [0.05, 0.1) is 11.7 Å². The minimum atomic E-state index is -3.78. The fourth-order valence-electron chi connectivity index (χ4n) is 3.24. The first-order valence-corrected chi connectivity index (χ1v) is 13.4. The van der Waals surface area contributed by atoms with E-state index in [2.05, 4.69) is 60.8 Å². The Morgan fingerprint density at radius 3 is 2.41 bits per heavy atom. The van der Waals surface area contributed by atoms with E-state index in [9.17, 15) is 13.5 Å². The summed E-state index contributed by atoms with van der Waals surface area (Å²) in [6.45, 7) is 12.6. The molecule has 176 valence electrons. The zero-order chi connectivity index (χ0) is 23.7. The largest absolute Gasteiger partial charge is 0.504 e. The number of aryl methyl sites for hydroxylation is 1. The normalized spacial score (nSPS) is 13.5. The van der Waals surface area contributed by atoms with Crippen molar-refractivity contribution in [3.05, 3.63) is 27.3 Å². The minimum absolute atomic E-state index is 0.0664. The minimum Gasteiger partial charge on any atom is -0.504 e. The zero-order valence-corrected chi connectivity index (χ0v) is 21.4. The Bertz CT molecular complexity index is 1160. The summed E-state index contributed by atoms with van der Waals surface area (Å²) >= 11 is 2.65. The number of nitrogens with one attached hydrogen (secondary N) is 2. The van der Waals surface area contributed by atoms with Crippen LogP contribution < -0.4 is 10.6 Å². The third-order valence-corrected chi connectivity index (χ3v) is 9.55. The van der Waals surface area contributed by atoms with Crippen LogP contribution in [0, 0.1) is 12.3 Å². The molecule has 0 saturated carbocycles. The summed E-state index contributed by atoms with van der Waals surface area (Å²) in [7, 11) is -3.78. The van der Waals surface area contributed by atoms with Crippen LogP contribution in [0.1, 0.15) is 50.4 Å². The Kier molecular flexibility index (Phi) is 7.18. The molecule has 3 heterocycles. The van der Waals surface area contributed by atoms with Crippen molar-refractivity contribution in [1.82, 2.24) is 14.6 Å². The number of sulfonamides is 1. The highest BCUT2D eigenvalue weighted by atomic mass is 32.2. The van der Waals surface area contributed by atoms with Crippen LogP contribution in [-0.2, 0) is 10.0 Å². The van der Waals surface area contributed by atoms with Crippen molar-refractivity contribution >= 4 is 50.0 Å². The summed E-state index contributed by atoms with van der Waals surface area (Å²) in [5.41, 5.74) is 0.0852. The average Bonchev–Trinajstić information content (AvgIpc) is 3.41. The second-order valence-corrected chi connectivity index (χ2v) is 12.7. The molecule has 0 bridgehead atoms. The van der Waals surface area contributed by atoms with Crippen LogP contribution in [0.5, 0.6) is 5.75 Å². The van der Waals surface area contributed by atoms with Gasteiger partial charge < -0.3 is 15.7 Å². The van der Waals surface area contributed by atoms with Crippen LogP contribution in [0.25, 0.3) is 0 Å². The highest BCUT2D eigenvalue weighted by Crippen LogP contribution is 2.43.